The van der Waals surface area contributed by atoms with Crippen LogP contribution in [-0.4, -0.2) is 35.1 Å². The van der Waals surface area contributed by atoms with E-state index < -0.39 is 0 Å². The first-order chi connectivity index (χ1) is 15.9. The van der Waals surface area contributed by atoms with E-state index in [9.17, 15) is 4.79 Å². The Morgan fingerprint density at radius 3 is 2.58 bits per heavy atom. The number of amides is 1. The Labute approximate surface area is 198 Å². The summed E-state index contributed by atoms with van der Waals surface area (Å²) in [7, 11) is 0. The molecule has 0 unspecified atom stereocenters. The van der Waals surface area contributed by atoms with Crippen LogP contribution in [0.1, 0.15) is 43.0 Å². The van der Waals surface area contributed by atoms with Crippen molar-refractivity contribution in [3.63, 3.8) is 0 Å². The zero-order chi connectivity index (χ0) is 23.4. The van der Waals surface area contributed by atoms with Crippen molar-refractivity contribution in [1.29, 1.82) is 0 Å². The van der Waals surface area contributed by atoms with Crippen LogP contribution in [0.3, 0.4) is 0 Å². The van der Waals surface area contributed by atoms with Crippen molar-refractivity contribution in [2.24, 2.45) is 5.92 Å². The van der Waals surface area contributed by atoms with Crippen LogP contribution in [0.2, 0.25) is 0 Å². The van der Waals surface area contributed by atoms with Gasteiger partial charge in [0, 0.05) is 12.0 Å². The van der Waals surface area contributed by atoms with E-state index in [1.165, 1.54) is 17.3 Å². The molecule has 1 N–H and O–H groups in total. The number of benzene rings is 2. The number of nitrogens with zero attached hydrogens (tertiary/aromatic N) is 2. The quantitative estimate of drug-likeness (QED) is 0.483. The molecule has 1 aliphatic rings. The maximum absolute atomic E-state index is 12.7. The van der Waals surface area contributed by atoms with Gasteiger partial charge < -0.3 is 19.2 Å². The fourth-order valence-electron chi connectivity index (χ4n) is 3.61. The summed E-state index contributed by atoms with van der Waals surface area (Å²) in [4.78, 5) is 12.7. The lowest BCUT2D eigenvalue weighted by atomic mass is 9.95. The number of hydrogen-bond donors (Lipinski definition) is 1. The molecule has 1 aliphatic heterocycles. The van der Waals surface area contributed by atoms with Crippen molar-refractivity contribution in [3.05, 3.63) is 53.1 Å². The molecule has 0 spiro atoms. The van der Waals surface area contributed by atoms with Crippen LogP contribution in [0, 0.1) is 19.8 Å². The first kappa shape index (κ1) is 23.2. The second-order valence-electron chi connectivity index (χ2n) is 8.51. The zero-order valence-electron chi connectivity index (χ0n) is 19.4. The maximum atomic E-state index is 12.7. The van der Waals surface area contributed by atoms with Gasteiger partial charge in [-0.05, 0) is 60.7 Å². The van der Waals surface area contributed by atoms with Gasteiger partial charge in [0.15, 0.2) is 11.5 Å². The summed E-state index contributed by atoms with van der Waals surface area (Å²) in [5.74, 6) is 2.21. The SMILES string of the molecule is Cc1ccc(-c2nnc(SCC(=O)N[C@H](c3ccc4c(c3)OCCCO4)C(C)C)o2)cc1C. The van der Waals surface area contributed by atoms with Crippen LogP contribution < -0.4 is 14.8 Å². The molecule has 0 saturated carbocycles. The fourth-order valence-corrected chi connectivity index (χ4v) is 4.18. The smallest absolute Gasteiger partial charge is 0.277 e. The van der Waals surface area contributed by atoms with E-state index in [1.807, 2.05) is 43.3 Å². The highest BCUT2D eigenvalue weighted by atomic mass is 32.2. The van der Waals surface area contributed by atoms with Crippen molar-refractivity contribution >= 4 is 17.7 Å². The molecule has 174 valence electrons. The van der Waals surface area contributed by atoms with Gasteiger partial charge in [-0.3, -0.25) is 4.79 Å². The number of carbonyl (C=O) groups is 1. The number of carbonyl (C=O) groups excluding carboxylic acids is 1. The lowest BCUT2D eigenvalue weighted by Crippen LogP contribution is -2.33. The number of aryl methyl sites for hydroxylation is 2. The number of aromatic nitrogens is 2. The summed E-state index contributed by atoms with van der Waals surface area (Å²) in [5, 5.41) is 11.7. The maximum Gasteiger partial charge on any atom is 0.277 e. The molecule has 1 atom stereocenters. The highest BCUT2D eigenvalue weighted by Gasteiger charge is 2.22. The van der Waals surface area contributed by atoms with Gasteiger partial charge in [0.05, 0.1) is 25.0 Å². The van der Waals surface area contributed by atoms with E-state index in [1.54, 1.807) is 0 Å². The minimum absolute atomic E-state index is 0.100. The summed E-state index contributed by atoms with van der Waals surface area (Å²) in [6.07, 6.45) is 0.854. The zero-order valence-corrected chi connectivity index (χ0v) is 20.2. The van der Waals surface area contributed by atoms with Crippen molar-refractivity contribution in [1.82, 2.24) is 15.5 Å². The van der Waals surface area contributed by atoms with Gasteiger partial charge in [-0.2, -0.15) is 0 Å². The molecule has 8 heteroatoms. The van der Waals surface area contributed by atoms with Gasteiger partial charge in [0.2, 0.25) is 11.8 Å². The number of nitrogens with one attached hydrogen (secondary N) is 1. The molecule has 0 aliphatic carbocycles. The molecule has 33 heavy (non-hydrogen) atoms. The second kappa shape index (κ2) is 10.3. The molecule has 0 radical (unpaired) electrons. The Bertz CT molecular complexity index is 1130. The van der Waals surface area contributed by atoms with Crippen LogP contribution in [0.15, 0.2) is 46.0 Å². The molecule has 4 rings (SSSR count). The molecule has 3 aromatic rings. The Balaban J connectivity index is 1.39. The van der Waals surface area contributed by atoms with Crippen LogP contribution in [0.25, 0.3) is 11.5 Å². The fraction of sp³-hybridized carbons (Fsp3) is 0.400. The third-order valence-electron chi connectivity index (χ3n) is 5.60. The van der Waals surface area contributed by atoms with Crippen molar-refractivity contribution in [2.45, 2.75) is 45.4 Å². The summed E-state index contributed by atoms with van der Waals surface area (Å²) in [6, 6.07) is 11.7. The normalized spacial score (nSPS) is 14.1. The molecule has 0 bridgehead atoms. The predicted molar refractivity (Wildman–Crippen MR) is 128 cm³/mol. The van der Waals surface area contributed by atoms with Crippen LogP contribution >= 0.6 is 11.8 Å². The highest BCUT2D eigenvalue weighted by Crippen LogP contribution is 2.34. The average molecular weight is 468 g/mol. The van der Waals surface area contributed by atoms with Gasteiger partial charge in [0.1, 0.15) is 0 Å². The van der Waals surface area contributed by atoms with Gasteiger partial charge in [-0.25, -0.2) is 0 Å². The van der Waals surface area contributed by atoms with E-state index in [2.05, 4.69) is 36.3 Å². The third-order valence-corrected chi connectivity index (χ3v) is 6.42. The van der Waals surface area contributed by atoms with Crippen LogP contribution in [0.4, 0.5) is 0 Å². The molecular weight excluding hydrogens is 438 g/mol. The van der Waals surface area contributed by atoms with Crippen molar-refractivity contribution in [2.75, 3.05) is 19.0 Å². The van der Waals surface area contributed by atoms with E-state index >= 15 is 0 Å². The monoisotopic (exact) mass is 467 g/mol. The van der Waals surface area contributed by atoms with E-state index in [4.69, 9.17) is 13.9 Å². The van der Waals surface area contributed by atoms with Gasteiger partial charge >= 0.3 is 0 Å². The standard InChI is InChI=1S/C25H29N3O4S/c1-15(2)23(18-8-9-20-21(13-18)31-11-5-10-30-20)26-22(29)14-33-25-28-27-24(32-25)19-7-6-16(3)17(4)12-19/h6-9,12-13,15,23H,5,10-11,14H2,1-4H3,(H,26,29)/t23-/m0/s1. The summed E-state index contributed by atoms with van der Waals surface area (Å²) < 4.78 is 17.3. The number of fused-ring (bicyclic) bond motifs is 1. The van der Waals surface area contributed by atoms with E-state index in [0.717, 1.165) is 34.6 Å². The molecule has 1 aromatic heterocycles. The van der Waals surface area contributed by atoms with E-state index in [0.29, 0.717) is 24.3 Å². The molecule has 2 aromatic carbocycles. The minimum Gasteiger partial charge on any atom is -0.490 e. The molecule has 0 fully saturated rings. The average Bonchev–Trinajstić information content (AvgIpc) is 3.15. The first-order valence-corrected chi connectivity index (χ1v) is 12.1. The van der Waals surface area contributed by atoms with Crippen LogP contribution in [-0.2, 0) is 4.79 Å². The Morgan fingerprint density at radius 1 is 1.03 bits per heavy atom. The molecular formula is C25H29N3O4S. The lowest BCUT2D eigenvalue weighted by Gasteiger charge is -2.23. The summed E-state index contributed by atoms with van der Waals surface area (Å²) in [5.41, 5.74) is 4.23. The second-order valence-corrected chi connectivity index (χ2v) is 9.43. The number of ether oxygens (including phenoxy) is 2. The van der Waals surface area contributed by atoms with E-state index in [-0.39, 0.29) is 23.6 Å². The molecule has 0 saturated heterocycles. The van der Waals surface area contributed by atoms with Crippen molar-refractivity contribution < 1.29 is 18.7 Å². The number of thioether (sulfide) groups is 1. The third kappa shape index (κ3) is 5.68. The minimum atomic E-state index is -0.149. The van der Waals surface area contributed by atoms with Gasteiger partial charge in [-0.15, -0.1) is 10.2 Å². The lowest BCUT2D eigenvalue weighted by molar-refractivity contribution is -0.119. The molecule has 2 heterocycles. The topological polar surface area (TPSA) is 86.5 Å². The van der Waals surface area contributed by atoms with Gasteiger partial charge in [0.25, 0.3) is 5.22 Å². The Morgan fingerprint density at radius 2 is 1.82 bits per heavy atom. The predicted octanol–water partition coefficient (Wildman–Crippen LogP) is 5.12. The number of hydrogen-bond acceptors (Lipinski definition) is 7. The summed E-state index contributed by atoms with van der Waals surface area (Å²) >= 11 is 1.23. The number of rotatable bonds is 7. The Kier molecular flexibility index (Phi) is 7.23. The van der Waals surface area contributed by atoms with Crippen LogP contribution in [0.5, 0.6) is 11.5 Å². The largest absolute Gasteiger partial charge is 0.490 e. The molecule has 1 amide bonds. The summed E-state index contributed by atoms with van der Waals surface area (Å²) in [6.45, 7) is 9.53. The van der Waals surface area contributed by atoms with Crippen molar-refractivity contribution in [3.8, 4) is 23.0 Å². The first-order valence-electron chi connectivity index (χ1n) is 11.1. The Hall–Kier alpha value is -3.00. The highest BCUT2D eigenvalue weighted by molar-refractivity contribution is 7.99. The molecule has 7 nitrogen and oxygen atoms in total. The van der Waals surface area contributed by atoms with Gasteiger partial charge in [-0.1, -0.05) is 37.7 Å².